The molecule has 0 fully saturated rings. The van der Waals surface area contributed by atoms with Crippen molar-refractivity contribution in [2.75, 3.05) is 5.32 Å². The minimum atomic E-state index is -1.02. The molecule has 0 radical (unpaired) electrons. The van der Waals surface area contributed by atoms with Gasteiger partial charge in [0.25, 0.3) is 5.91 Å². The Bertz CT molecular complexity index is 728. The molecule has 0 atom stereocenters. The Labute approximate surface area is 125 Å². The van der Waals surface area contributed by atoms with Crippen molar-refractivity contribution < 1.29 is 19.8 Å². The topological polar surface area (TPSA) is 86.6 Å². The van der Waals surface area contributed by atoms with E-state index in [2.05, 4.69) is 5.32 Å². The molecule has 21 heavy (non-hydrogen) atoms. The first-order valence-electron chi connectivity index (χ1n) is 6.02. The maximum atomic E-state index is 12.0. The lowest BCUT2D eigenvalue weighted by Crippen LogP contribution is -2.12. The van der Waals surface area contributed by atoms with Crippen LogP contribution in [0.15, 0.2) is 36.4 Å². The van der Waals surface area contributed by atoms with E-state index in [-0.39, 0.29) is 21.9 Å². The number of amides is 1. The van der Waals surface area contributed by atoms with E-state index in [0.717, 1.165) is 0 Å². The Morgan fingerprint density at radius 3 is 2.43 bits per heavy atom. The molecule has 0 bridgehead atoms. The molecule has 0 saturated carbocycles. The summed E-state index contributed by atoms with van der Waals surface area (Å²) in [5, 5.41) is 21.0. The van der Waals surface area contributed by atoms with Gasteiger partial charge >= 0.3 is 5.97 Å². The summed E-state index contributed by atoms with van der Waals surface area (Å²) in [6.07, 6.45) is 0. The lowest BCUT2D eigenvalue weighted by Gasteiger charge is -2.08. The fourth-order valence-electron chi connectivity index (χ4n) is 1.83. The smallest absolute Gasteiger partial charge is 0.335 e. The number of hydrogen-bond donors (Lipinski definition) is 3. The van der Waals surface area contributed by atoms with E-state index in [1.165, 1.54) is 30.3 Å². The third kappa shape index (κ3) is 3.32. The molecule has 108 valence electrons. The fraction of sp³-hybridized carbons (Fsp3) is 0.0667. The number of halogens is 1. The number of carbonyl (C=O) groups is 2. The normalized spacial score (nSPS) is 10.2. The van der Waals surface area contributed by atoms with E-state index in [1.54, 1.807) is 13.0 Å². The van der Waals surface area contributed by atoms with E-state index in [4.69, 9.17) is 16.7 Å². The van der Waals surface area contributed by atoms with Gasteiger partial charge in [-0.25, -0.2) is 4.79 Å². The number of benzene rings is 2. The number of carboxylic acid groups (broad SMARTS) is 1. The van der Waals surface area contributed by atoms with Gasteiger partial charge in [-0.15, -0.1) is 0 Å². The number of hydrogen-bond acceptors (Lipinski definition) is 3. The Morgan fingerprint density at radius 1 is 1.14 bits per heavy atom. The third-order valence-electron chi connectivity index (χ3n) is 2.92. The second kappa shape index (κ2) is 5.85. The fourth-order valence-corrected chi connectivity index (χ4v) is 2.01. The van der Waals surface area contributed by atoms with Crippen LogP contribution in [0, 0.1) is 6.92 Å². The summed E-state index contributed by atoms with van der Waals surface area (Å²) in [5.74, 6) is -1.52. The summed E-state index contributed by atoms with van der Waals surface area (Å²) in [5.41, 5.74) is 1.49. The largest absolute Gasteiger partial charge is 0.506 e. The summed E-state index contributed by atoms with van der Waals surface area (Å²) in [4.78, 5) is 23.0. The molecule has 1 amide bonds. The number of carboxylic acids is 1. The van der Waals surface area contributed by atoms with Crippen LogP contribution in [0.25, 0.3) is 0 Å². The highest BCUT2D eigenvalue weighted by Crippen LogP contribution is 2.24. The molecule has 0 aliphatic rings. The van der Waals surface area contributed by atoms with E-state index in [1.807, 2.05) is 0 Å². The monoisotopic (exact) mass is 305 g/mol. The molecule has 0 aliphatic heterocycles. The quantitative estimate of drug-likeness (QED) is 0.812. The molecule has 0 unspecified atom stereocenters. The average molecular weight is 306 g/mol. The van der Waals surface area contributed by atoms with Crippen LogP contribution in [-0.2, 0) is 0 Å². The van der Waals surface area contributed by atoms with Crippen LogP contribution in [0.2, 0.25) is 5.02 Å². The Kier molecular flexibility index (Phi) is 4.14. The Balaban J connectivity index is 2.21. The predicted molar refractivity (Wildman–Crippen MR) is 79.2 cm³/mol. The van der Waals surface area contributed by atoms with Crippen LogP contribution in [-0.4, -0.2) is 22.1 Å². The van der Waals surface area contributed by atoms with Gasteiger partial charge in [-0.2, -0.15) is 0 Å². The van der Waals surface area contributed by atoms with Crippen LogP contribution in [0.5, 0.6) is 5.75 Å². The lowest BCUT2D eigenvalue weighted by atomic mass is 10.1. The zero-order valence-corrected chi connectivity index (χ0v) is 11.8. The number of phenolic OH excluding ortho intramolecular Hbond substituents is 1. The van der Waals surface area contributed by atoms with Crippen molar-refractivity contribution in [3.63, 3.8) is 0 Å². The highest BCUT2D eigenvalue weighted by molar-refractivity contribution is 6.32. The Morgan fingerprint density at radius 2 is 1.86 bits per heavy atom. The Hall–Kier alpha value is -2.53. The second-order valence-electron chi connectivity index (χ2n) is 4.46. The summed E-state index contributed by atoms with van der Waals surface area (Å²) >= 11 is 5.75. The minimum absolute atomic E-state index is 0.0834. The van der Waals surface area contributed by atoms with Gasteiger partial charge in [-0.1, -0.05) is 11.6 Å². The highest BCUT2D eigenvalue weighted by atomic mass is 35.5. The van der Waals surface area contributed by atoms with Crippen molar-refractivity contribution in [3.05, 3.63) is 58.1 Å². The zero-order chi connectivity index (χ0) is 15.6. The number of rotatable bonds is 3. The molecule has 2 rings (SSSR count). The number of aromatic hydroxyl groups is 1. The summed E-state index contributed by atoms with van der Waals surface area (Å²) in [6.45, 7) is 1.65. The first-order chi connectivity index (χ1) is 9.88. The number of phenols is 1. The number of aryl methyl sites for hydroxylation is 1. The van der Waals surface area contributed by atoms with Crippen molar-refractivity contribution in [3.8, 4) is 5.75 Å². The molecule has 0 saturated heterocycles. The first-order valence-corrected chi connectivity index (χ1v) is 6.40. The summed E-state index contributed by atoms with van der Waals surface area (Å²) < 4.78 is 0. The highest BCUT2D eigenvalue weighted by Gasteiger charge is 2.11. The molecule has 0 aliphatic carbocycles. The molecule has 0 heterocycles. The summed E-state index contributed by atoms with van der Waals surface area (Å²) in [6, 6.07) is 8.63. The van der Waals surface area contributed by atoms with Crippen molar-refractivity contribution in [1.29, 1.82) is 0 Å². The minimum Gasteiger partial charge on any atom is -0.506 e. The van der Waals surface area contributed by atoms with E-state index < -0.39 is 11.9 Å². The maximum Gasteiger partial charge on any atom is 0.335 e. The van der Waals surface area contributed by atoms with Crippen LogP contribution >= 0.6 is 11.6 Å². The van der Waals surface area contributed by atoms with Crippen molar-refractivity contribution in [1.82, 2.24) is 0 Å². The van der Waals surface area contributed by atoms with E-state index in [9.17, 15) is 14.7 Å². The van der Waals surface area contributed by atoms with Gasteiger partial charge in [-0.05, 0) is 48.9 Å². The molecular formula is C15H12ClNO4. The predicted octanol–water partition coefficient (Wildman–Crippen LogP) is 3.30. The van der Waals surface area contributed by atoms with Gasteiger partial charge in [-0.3, -0.25) is 4.79 Å². The van der Waals surface area contributed by atoms with Gasteiger partial charge in [0, 0.05) is 11.3 Å². The molecule has 0 aromatic heterocycles. The van der Waals surface area contributed by atoms with Crippen LogP contribution < -0.4 is 5.32 Å². The standard InChI is InChI=1S/C15H12ClNO4/c1-8-6-10(3-4-11(8)15(20)21)17-14(19)9-2-5-13(18)12(16)7-9/h2-7,18H,1H3,(H,17,19)(H,20,21). The van der Waals surface area contributed by atoms with Crippen LogP contribution in [0.4, 0.5) is 5.69 Å². The molecule has 0 spiro atoms. The second-order valence-corrected chi connectivity index (χ2v) is 4.86. The molecule has 2 aromatic carbocycles. The number of nitrogens with one attached hydrogen (secondary N) is 1. The number of aromatic carboxylic acids is 1. The lowest BCUT2D eigenvalue weighted by molar-refractivity contribution is 0.0696. The van der Waals surface area contributed by atoms with Crippen molar-refractivity contribution in [2.45, 2.75) is 6.92 Å². The van der Waals surface area contributed by atoms with E-state index >= 15 is 0 Å². The van der Waals surface area contributed by atoms with Gasteiger partial charge in [0.15, 0.2) is 0 Å². The van der Waals surface area contributed by atoms with Crippen molar-refractivity contribution in [2.24, 2.45) is 0 Å². The van der Waals surface area contributed by atoms with Crippen LogP contribution in [0.1, 0.15) is 26.3 Å². The number of anilines is 1. The van der Waals surface area contributed by atoms with Crippen LogP contribution in [0.3, 0.4) is 0 Å². The molecule has 6 heteroatoms. The third-order valence-corrected chi connectivity index (χ3v) is 3.23. The maximum absolute atomic E-state index is 12.0. The van der Waals surface area contributed by atoms with Gasteiger partial charge < -0.3 is 15.5 Å². The van der Waals surface area contributed by atoms with E-state index in [0.29, 0.717) is 11.3 Å². The average Bonchev–Trinajstić information content (AvgIpc) is 2.41. The van der Waals surface area contributed by atoms with Gasteiger partial charge in [0.05, 0.1) is 10.6 Å². The van der Waals surface area contributed by atoms with Gasteiger partial charge in [0.2, 0.25) is 0 Å². The molecule has 3 N–H and O–H groups in total. The molecular weight excluding hydrogens is 294 g/mol. The summed E-state index contributed by atoms with van der Waals surface area (Å²) in [7, 11) is 0. The zero-order valence-electron chi connectivity index (χ0n) is 11.1. The molecule has 2 aromatic rings. The number of carbonyl (C=O) groups excluding carboxylic acids is 1. The SMILES string of the molecule is Cc1cc(NC(=O)c2ccc(O)c(Cl)c2)ccc1C(=O)O. The first kappa shape index (κ1) is 14.9. The van der Waals surface area contributed by atoms with Gasteiger partial charge in [0.1, 0.15) is 5.75 Å². The van der Waals surface area contributed by atoms with Crippen molar-refractivity contribution >= 4 is 29.2 Å². The molecule has 5 nitrogen and oxygen atoms in total.